The third-order valence-corrected chi connectivity index (χ3v) is 2.05. The van der Waals surface area contributed by atoms with Crippen molar-refractivity contribution in [2.75, 3.05) is 12.4 Å². The fourth-order valence-corrected chi connectivity index (χ4v) is 1.22. The Morgan fingerprint density at radius 2 is 2.06 bits per heavy atom. The zero-order valence-electron chi connectivity index (χ0n) is 10.4. The minimum Gasteiger partial charge on any atom is -0.495 e. The third-order valence-electron chi connectivity index (χ3n) is 2.05. The first-order valence-corrected chi connectivity index (χ1v) is 5.50. The molecule has 0 fully saturated rings. The van der Waals surface area contributed by atoms with Gasteiger partial charge >= 0.3 is 6.03 Å². The van der Waals surface area contributed by atoms with Crippen molar-refractivity contribution in [2.24, 2.45) is 5.92 Å². The second-order valence-electron chi connectivity index (χ2n) is 3.90. The van der Waals surface area contributed by atoms with E-state index in [1.54, 1.807) is 25.4 Å². The lowest BCUT2D eigenvalue weighted by Crippen LogP contribution is -2.24. The molecule has 2 N–H and O–H groups in total. The number of methoxy groups -OCH3 is 1. The van der Waals surface area contributed by atoms with E-state index in [1.165, 1.54) is 0 Å². The molecular formula is C13H18N2O2. The Labute approximate surface area is 102 Å². The van der Waals surface area contributed by atoms with Crippen molar-refractivity contribution in [3.05, 3.63) is 36.5 Å². The summed E-state index contributed by atoms with van der Waals surface area (Å²) >= 11 is 0. The van der Waals surface area contributed by atoms with Crippen molar-refractivity contribution in [1.29, 1.82) is 0 Å². The molecule has 17 heavy (non-hydrogen) atoms. The van der Waals surface area contributed by atoms with Gasteiger partial charge in [-0.15, -0.1) is 0 Å². The zero-order valence-corrected chi connectivity index (χ0v) is 10.4. The van der Waals surface area contributed by atoms with E-state index in [1.807, 2.05) is 32.1 Å². The maximum atomic E-state index is 11.5. The number of nitrogens with one attached hydrogen (secondary N) is 2. The van der Waals surface area contributed by atoms with Gasteiger partial charge in [-0.05, 0) is 18.1 Å². The number of ether oxygens (including phenoxy) is 1. The first-order chi connectivity index (χ1) is 8.13. The minimum absolute atomic E-state index is 0.286. The fraction of sp³-hybridized carbons (Fsp3) is 0.308. The number of hydrogen-bond acceptors (Lipinski definition) is 2. The van der Waals surface area contributed by atoms with Crippen LogP contribution in [0.15, 0.2) is 36.5 Å². The standard InChI is InChI=1S/C13H18N2O2/c1-10(2)8-9-14-13(16)15-11-6-4-5-7-12(11)17-3/h4-10H,1-3H3,(H2,14,15,16)/b9-8+. The summed E-state index contributed by atoms with van der Waals surface area (Å²) in [6, 6.07) is 6.97. The van der Waals surface area contributed by atoms with E-state index in [4.69, 9.17) is 4.74 Å². The van der Waals surface area contributed by atoms with Gasteiger partial charge in [-0.2, -0.15) is 0 Å². The maximum Gasteiger partial charge on any atom is 0.323 e. The van der Waals surface area contributed by atoms with Crippen LogP contribution in [0, 0.1) is 5.92 Å². The highest BCUT2D eigenvalue weighted by molar-refractivity contribution is 5.91. The van der Waals surface area contributed by atoms with Gasteiger partial charge < -0.3 is 15.4 Å². The normalized spacial score (nSPS) is 10.6. The molecule has 4 heteroatoms. The van der Waals surface area contributed by atoms with E-state index in [0.717, 1.165) is 0 Å². The number of allylic oxidation sites excluding steroid dienone is 1. The van der Waals surface area contributed by atoms with E-state index in [-0.39, 0.29) is 6.03 Å². The average molecular weight is 234 g/mol. The van der Waals surface area contributed by atoms with Crippen molar-refractivity contribution in [2.45, 2.75) is 13.8 Å². The van der Waals surface area contributed by atoms with Crippen LogP contribution in [0.5, 0.6) is 5.75 Å². The molecule has 0 atom stereocenters. The molecule has 0 aliphatic carbocycles. The molecule has 4 nitrogen and oxygen atoms in total. The van der Waals surface area contributed by atoms with Gasteiger partial charge in [-0.25, -0.2) is 4.79 Å². The van der Waals surface area contributed by atoms with Crippen LogP contribution in [0.4, 0.5) is 10.5 Å². The number of carbonyl (C=O) groups excluding carboxylic acids is 1. The molecule has 0 bridgehead atoms. The number of carbonyl (C=O) groups is 1. The second kappa shape index (κ2) is 6.58. The number of hydrogen-bond donors (Lipinski definition) is 2. The lowest BCUT2D eigenvalue weighted by molar-refractivity contribution is 0.255. The van der Waals surface area contributed by atoms with E-state index >= 15 is 0 Å². The predicted octanol–water partition coefficient (Wildman–Crippen LogP) is 2.99. The predicted molar refractivity (Wildman–Crippen MR) is 69.1 cm³/mol. The number of urea groups is 1. The van der Waals surface area contributed by atoms with Crippen molar-refractivity contribution in [1.82, 2.24) is 5.32 Å². The second-order valence-corrected chi connectivity index (χ2v) is 3.90. The Balaban J connectivity index is 2.56. The van der Waals surface area contributed by atoms with Gasteiger partial charge in [-0.3, -0.25) is 0 Å². The molecule has 0 aliphatic rings. The SMILES string of the molecule is COc1ccccc1NC(=O)N/C=C/C(C)C. The Morgan fingerprint density at radius 3 is 2.71 bits per heavy atom. The monoisotopic (exact) mass is 234 g/mol. The van der Waals surface area contributed by atoms with Gasteiger partial charge in [0.05, 0.1) is 12.8 Å². The van der Waals surface area contributed by atoms with Crippen LogP contribution < -0.4 is 15.4 Å². The molecule has 0 radical (unpaired) electrons. The van der Waals surface area contributed by atoms with Crippen LogP contribution in [-0.2, 0) is 0 Å². The molecule has 0 unspecified atom stereocenters. The van der Waals surface area contributed by atoms with Gasteiger partial charge in [0.15, 0.2) is 0 Å². The van der Waals surface area contributed by atoms with Gasteiger partial charge in [-0.1, -0.05) is 32.1 Å². The number of para-hydroxylation sites is 2. The molecular weight excluding hydrogens is 216 g/mol. The van der Waals surface area contributed by atoms with Crippen molar-refractivity contribution in [3.63, 3.8) is 0 Å². The molecule has 0 aliphatic heterocycles. The summed E-state index contributed by atoms with van der Waals surface area (Å²) in [5, 5.41) is 5.34. The summed E-state index contributed by atoms with van der Waals surface area (Å²) in [5.41, 5.74) is 0.644. The summed E-state index contributed by atoms with van der Waals surface area (Å²) in [7, 11) is 1.57. The Kier molecular flexibility index (Phi) is 5.07. The molecule has 0 spiro atoms. The van der Waals surface area contributed by atoms with Crippen LogP contribution in [0.2, 0.25) is 0 Å². The largest absolute Gasteiger partial charge is 0.495 e. The smallest absolute Gasteiger partial charge is 0.323 e. The summed E-state index contributed by atoms with van der Waals surface area (Å²) < 4.78 is 5.13. The highest BCUT2D eigenvalue weighted by atomic mass is 16.5. The molecule has 0 aromatic heterocycles. The van der Waals surface area contributed by atoms with Crippen LogP contribution in [0.1, 0.15) is 13.8 Å². The van der Waals surface area contributed by atoms with E-state index in [2.05, 4.69) is 10.6 Å². The lowest BCUT2D eigenvalue weighted by atomic mass is 10.2. The summed E-state index contributed by atoms with van der Waals surface area (Å²) in [5.74, 6) is 1.04. The molecule has 0 heterocycles. The fourth-order valence-electron chi connectivity index (χ4n) is 1.22. The van der Waals surface area contributed by atoms with Gasteiger partial charge in [0.2, 0.25) is 0 Å². The molecule has 1 aromatic rings. The summed E-state index contributed by atoms with van der Waals surface area (Å²) in [6.07, 6.45) is 3.54. The minimum atomic E-state index is -0.286. The number of rotatable bonds is 4. The lowest BCUT2D eigenvalue weighted by Gasteiger charge is -2.09. The summed E-state index contributed by atoms with van der Waals surface area (Å²) in [6.45, 7) is 4.08. The van der Waals surface area contributed by atoms with Crippen LogP contribution in [0.3, 0.4) is 0 Å². The quantitative estimate of drug-likeness (QED) is 0.841. The first kappa shape index (κ1) is 13.1. The number of amides is 2. The van der Waals surface area contributed by atoms with Crippen LogP contribution in [-0.4, -0.2) is 13.1 Å². The molecule has 1 rings (SSSR count). The topological polar surface area (TPSA) is 50.4 Å². The number of anilines is 1. The highest BCUT2D eigenvalue weighted by Crippen LogP contribution is 2.22. The van der Waals surface area contributed by atoms with Crippen molar-refractivity contribution < 1.29 is 9.53 Å². The maximum absolute atomic E-state index is 11.5. The average Bonchev–Trinajstić information content (AvgIpc) is 2.29. The first-order valence-electron chi connectivity index (χ1n) is 5.50. The molecule has 2 amide bonds. The van der Waals surface area contributed by atoms with Crippen molar-refractivity contribution in [3.8, 4) is 5.75 Å². The van der Waals surface area contributed by atoms with Gasteiger partial charge in [0.25, 0.3) is 0 Å². The number of benzene rings is 1. The third kappa shape index (κ3) is 4.59. The summed E-state index contributed by atoms with van der Waals surface area (Å²) in [4.78, 5) is 11.5. The van der Waals surface area contributed by atoms with E-state index in [0.29, 0.717) is 17.4 Å². The van der Waals surface area contributed by atoms with Crippen LogP contribution in [0.25, 0.3) is 0 Å². The highest BCUT2D eigenvalue weighted by Gasteiger charge is 2.04. The van der Waals surface area contributed by atoms with Crippen molar-refractivity contribution >= 4 is 11.7 Å². The Morgan fingerprint density at radius 1 is 1.35 bits per heavy atom. The molecule has 0 saturated heterocycles. The molecule has 0 saturated carbocycles. The zero-order chi connectivity index (χ0) is 12.7. The van der Waals surface area contributed by atoms with Gasteiger partial charge in [0, 0.05) is 6.20 Å². The Hall–Kier alpha value is -1.97. The molecule has 92 valence electrons. The van der Waals surface area contributed by atoms with E-state index < -0.39 is 0 Å². The Bertz CT molecular complexity index is 400. The van der Waals surface area contributed by atoms with Crippen LogP contribution >= 0.6 is 0 Å². The molecule has 1 aromatic carbocycles. The van der Waals surface area contributed by atoms with Gasteiger partial charge in [0.1, 0.15) is 5.75 Å². The van der Waals surface area contributed by atoms with E-state index in [9.17, 15) is 4.79 Å².